The number of benzene rings is 1. The van der Waals surface area contributed by atoms with Gasteiger partial charge in [-0.05, 0) is 80.5 Å². The zero-order valence-corrected chi connectivity index (χ0v) is 16.5. The van der Waals surface area contributed by atoms with Gasteiger partial charge in [-0.15, -0.1) is 0 Å². The first-order valence-electron chi connectivity index (χ1n) is 9.94. The predicted octanol–water partition coefficient (Wildman–Crippen LogP) is 6.81. The van der Waals surface area contributed by atoms with Crippen LogP contribution in [0.5, 0.6) is 0 Å². The molecule has 0 radical (unpaired) electrons. The summed E-state index contributed by atoms with van der Waals surface area (Å²) in [7, 11) is 0. The van der Waals surface area contributed by atoms with E-state index in [2.05, 4.69) is 44.7 Å². The molecule has 1 nitrogen and oxygen atoms in total. The lowest BCUT2D eigenvalue weighted by atomic mass is 9.66. The summed E-state index contributed by atoms with van der Waals surface area (Å²) in [5.41, 5.74) is 8.91. The first-order valence-corrected chi connectivity index (χ1v) is 9.94. The van der Waals surface area contributed by atoms with Gasteiger partial charge in [-0.1, -0.05) is 49.8 Å². The summed E-state index contributed by atoms with van der Waals surface area (Å²) in [6.07, 6.45) is 9.92. The molecule has 0 saturated heterocycles. The zero-order chi connectivity index (χ0) is 18.4. The summed E-state index contributed by atoms with van der Waals surface area (Å²) in [5, 5.41) is 8.66. The third-order valence-electron chi connectivity index (χ3n) is 5.56. The van der Waals surface area contributed by atoms with Crippen molar-refractivity contribution in [3.05, 3.63) is 58.2 Å². The quantitative estimate of drug-likeness (QED) is 0.438. The number of hydrogen-bond donors (Lipinski definition) is 0. The van der Waals surface area contributed by atoms with E-state index in [0.29, 0.717) is 18.3 Å². The van der Waals surface area contributed by atoms with Gasteiger partial charge in [0.25, 0.3) is 0 Å². The second-order valence-electron chi connectivity index (χ2n) is 7.37. The second-order valence-corrected chi connectivity index (χ2v) is 7.37. The van der Waals surface area contributed by atoms with Crippen molar-refractivity contribution in [3.8, 4) is 6.07 Å². The summed E-state index contributed by atoms with van der Waals surface area (Å²) in [4.78, 5) is 0. The van der Waals surface area contributed by atoms with E-state index in [1.54, 1.807) is 5.56 Å². The highest BCUT2D eigenvalue weighted by atomic mass is 14.4. The van der Waals surface area contributed by atoms with Gasteiger partial charge in [-0.2, -0.15) is 5.26 Å². The molecule has 0 amide bonds. The number of aryl methyl sites for hydroxylation is 2. The smallest absolute Gasteiger partial charge is 0.0621 e. The predicted molar refractivity (Wildman–Crippen MR) is 108 cm³/mol. The Labute approximate surface area is 154 Å². The van der Waals surface area contributed by atoms with Gasteiger partial charge >= 0.3 is 0 Å². The van der Waals surface area contributed by atoms with Crippen molar-refractivity contribution in [1.82, 2.24) is 0 Å². The highest BCUT2D eigenvalue weighted by Gasteiger charge is 2.33. The maximum Gasteiger partial charge on any atom is 0.0621 e. The van der Waals surface area contributed by atoms with Crippen LogP contribution in [0.25, 0.3) is 0 Å². The molecule has 25 heavy (non-hydrogen) atoms. The molecule has 0 spiro atoms. The molecule has 2 aliphatic carbocycles. The van der Waals surface area contributed by atoms with Gasteiger partial charge in [0.15, 0.2) is 0 Å². The molecular weight excluding hydrogens is 302 g/mol. The lowest BCUT2D eigenvalue weighted by molar-refractivity contribution is 0.456. The van der Waals surface area contributed by atoms with Crippen LogP contribution >= 0.6 is 0 Å². The van der Waals surface area contributed by atoms with Gasteiger partial charge in [0.2, 0.25) is 0 Å². The highest BCUT2D eigenvalue weighted by Crippen LogP contribution is 2.47. The molecule has 1 aromatic carbocycles. The Morgan fingerprint density at radius 3 is 2.68 bits per heavy atom. The Kier molecular flexibility index (Phi) is 7.06. The van der Waals surface area contributed by atoms with E-state index < -0.39 is 0 Å². The van der Waals surface area contributed by atoms with E-state index in [-0.39, 0.29) is 0 Å². The molecule has 2 unspecified atom stereocenters. The van der Waals surface area contributed by atoms with Crippen molar-refractivity contribution in [1.29, 1.82) is 5.26 Å². The maximum absolute atomic E-state index is 8.66. The Balaban J connectivity index is 0.00000109. The topological polar surface area (TPSA) is 23.8 Å². The Morgan fingerprint density at radius 1 is 1.20 bits per heavy atom. The monoisotopic (exact) mass is 335 g/mol. The Hall–Kier alpha value is -1.81. The van der Waals surface area contributed by atoms with Gasteiger partial charge < -0.3 is 0 Å². The second kappa shape index (κ2) is 9.04. The fourth-order valence-corrected chi connectivity index (χ4v) is 4.44. The van der Waals surface area contributed by atoms with E-state index in [1.165, 1.54) is 40.7 Å². The van der Waals surface area contributed by atoms with E-state index in [4.69, 9.17) is 5.26 Å². The number of allylic oxidation sites excluding steroid dienone is 3. The standard InChI is InChI=1S/C22H27N.C2H6/c1-15-8-9-20-16(2)13-19-14-18(7-5-4-6-10-23)12-17(3)22(19)21(20)11-15;1-2/h11-12,14,20-21H,2,4-9,13H2,1,3H3;1-2H3. The summed E-state index contributed by atoms with van der Waals surface area (Å²) < 4.78 is 0. The molecule has 0 aromatic heterocycles. The summed E-state index contributed by atoms with van der Waals surface area (Å²) >= 11 is 0. The van der Waals surface area contributed by atoms with Crippen LogP contribution in [-0.2, 0) is 12.8 Å². The maximum atomic E-state index is 8.66. The first-order chi connectivity index (χ1) is 12.1. The molecule has 0 aliphatic heterocycles. The number of nitrogens with zero attached hydrogens (tertiary/aromatic N) is 1. The van der Waals surface area contributed by atoms with Crippen LogP contribution in [0.15, 0.2) is 35.9 Å². The molecule has 134 valence electrons. The van der Waals surface area contributed by atoms with Gasteiger partial charge in [0, 0.05) is 12.3 Å². The van der Waals surface area contributed by atoms with Crippen molar-refractivity contribution in [2.24, 2.45) is 5.92 Å². The van der Waals surface area contributed by atoms with E-state index >= 15 is 0 Å². The van der Waals surface area contributed by atoms with Crippen LogP contribution in [0.2, 0.25) is 0 Å². The van der Waals surface area contributed by atoms with Crippen molar-refractivity contribution < 1.29 is 0 Å². The van der Waals surface area contributed by atoms with Crippen molar-refractivity contribution >= 4 is 0 Å². The lowest BCUT2D eigenvalue weighted by Gasteiger charge is -2.38. The van der Waals surface area contributed by atoms with E-state index in [9.17, 15) is 0 Å². The largest absolute Gasteiger partial charge is 0.198 e. The number of nitriles is 1. The minimum atomic E-state index is 0.549. The molecule has 0 bridgehead atoms. The summed E-state index contributed by atoms with van der Waals surface area (Å²) in [5.74, 6) is 1.19. The fraction of sp³-hybridized carbons (Fsp3) is 0.542. The van der Waals surface area contributed by atoms with Gasteiger partial charge in [-0.25, -0.2) is 0 Å². The molecule has 0 N–H and O–H groups in total. The SMILES string of the molecule is C=C1Cc2cc(CCCCC#N)cc(C)c2C2C=C(C)CCC12.CC. The molecule has 0 saturated carbocycles. The van der Waals surface area contributed by atoms with Crippen LogP contribution in [0, 0.1) is 24.2 Å². The van der Waals surface area contributed by atoms with Gasteiger partial charge in [0.1, 0.15) is 0 Å². The molecule has 1 heteroatoms. The third kappa shape index (κ3) is 4.43. The number of hydrogen-bond acceptors (Lipinski definition) is 1. The van der Waals surface area contributed by atoms with E-state index in [0.717, 1.165) is 25.7 Å². The van der Waals surface area contributed by atoms with Crippen LogP contribution < -0.4 is 0 Å². The first kappa shape index (κ1) is 19.5. The average molecular weight is 336 g/mol. The molecule has 0 heterocycles. The highest BCUT2D eigenvalue weighted by molar-refractivity contribution is 5.49. The fourth-order valence-electron chi connectivity index (χ4n) is 4.44. The molecule has 1 aromatic rings. The molecule has 0 fully saturated rings. The van der Waals surface area contributed by atoms with Crippen LogP contribution in [-0.4, -0.2) is 0 Å². The number of unbranched alkanes of at least 4 members (excludes halogenated alkanes) is 2. The van der Waals surface area contributed by atoms with Crippen molar-refractivity contribution in [2.45, 2.75) is 78.6 Å². The minimum absolute atomic E-state index is 0.549. The zero-order valence-electron chi connectivity index (χ0n) is 16.5. The number of fused-ring (bicyclic) bond motifs is 3. The van der Waals surface area contributed by atoms with Gasteiger partial charge in [-0.3, -0.25) is 0 Å². The van der Waals surface area contributed by atoms with Crippen molar-refractivity contribution in [2.75, 3.05) is 0 Å². The minimum Gasteiger partial charge on any atom is -0.198 e. The Morgan fingerprint density at radius 2 is 1.96 bits per heavy atom. The average Bonchev–Trinajstić information content (AvgIpc) is 2.60. The molecule has 2 aliphatic rings. The van der Waals surface area contributed by atoms with Crippen LogP contribution in [0.4, 0.5) is 0 Å². The van der Waals surface area contributed by atoms with Crippen LogP contribution in [0.1, 0.15) is 81.0 Å². The Bertz CT molecular complexity index is 687. The lowest BCUT2D eigenvalue weighted by Crippen LogP contribution is -2.25. The molecule has 3 rings (SSSR count). The summed E-state index contributed by atoms with van der Waals surface area (Å²) in [6, 6.07) is 7.03. The normalized spacial score (nSPS) is 21.2. The number of rotatable bonds is 4. The molecular formula is C24H33N. The third-order valence-corrected chi connectivity index (χ3v) is 5.56. The van der Waals surface area contributed by atoms with Crippen molar-refractivity contribution in [3.63, 3.8) is 0 Å². The molecule has 2 atom stereocenters. The van der Waals surface area contributed by atoms with E-state index in [1.807, 2.05) is 13.8 Å². The van der Waals surface area contributed by atoms with Gasteiger partial charge in [0.05, 0.1) is 6.07 Å². The summed E-state index contributed by atoms with van der Waals surface area (Å²) in [6.45, 7) is 13.0. The van der Waals surface area contributed by atoms with Crippen LogP contribution in [0.3, 0.4) is 0 Å².